The second-order valence-electron chi connectivity index (χ2n) is 7.07. The number of aryl methyl sites for hydroxylation is 1. The average Bonchev–Trinajstić information content (AvgIpc) is 3.31. The Kier molecular flexibility index (Phi) is 3.84. The Morgan fingerprint density at radius 1 is 1.07 bits per heavy atom. The van der Waals surface area contributed by atoms with Gasteiger partial charge in [-0.3, -0.25) is 0 Å². The Balaban J connectivity index is 1.86. The summed E-state index contributed by atoms with van der Waals surface area (Å²) in [4.78, 5) is 6.40. The number of halogens is 3. The van der Waals surface area contributed by atoms with E-state index in [-0.39, 0.29) is 17.0 Å². The van der Waals surface area contributed by atoms with Crippen molar-refractivity contribution in [3.8, 4) is 16.3 Å². The molecule has 142 valence electrons. The van der Waals surface area contributed by atoms with Crippen molar-refractivity contribution in [1.82, 2.24) is 14.8 Å². The van der Waals surface area contributed by atoms with Crippen LogP contribution in [0, 0.1) is 6.92 Å². The van der Waals surface area contributed by atoms with Crippen LogP contribution in [0.4, 0.5) is 13.2 Å². The molecule has 0 atom stereocenters. The molecule has 1 aliphatic rings. The third kappa shape index (κ3) is 2.90. The highest BCUT2D eigenvalue weighted by molar-refractivity contribution is 7.15. The SMILES string of the molecule is Cc1ccc(-c2cc(C(F)(F)F)c3c(C4CC4)nn(-c4ccccc4)c3n2)s1. The molecule has 1 fully saturated rings. The molecule has 3 aromatic heterocycles. The van der Waals surface area contributed by atoms with Gasteiger partial charge in [-0.15, -0.1) is 11.3 Å². The molecule has 0 unspecified atom stereocenters. The van der Waals surface area contributed by atoms with Crippen LogP contribution in [0.25, 0.3) is 27.3 Å². The first-order chi connectivity index (χ1) is 13.4. The van der Waals surface area contributed by atoms with Crippen LogP contribution < -0.4 is 0 Å². The quantitative estimate of drug-likeness (QED) is 0.402. The van der Waals surface area contributed by atoms with E-state index < -0.39 is 11.7 Å². The van der Waals surface area contributed by atoms with Crippen molar-refractivity contribution in [2.24, 2.45) is 0 Å². The number of fused-ring (bicyclic) bond motifs is 1. The Morgan fingerprint density at radius 2 is 1.82 bits per heavy atom. The number of benzene rings is 1. The molecule has 5 rings (SSSR count). The Hall–Kier alpha value is -2.67. The molecule has 0 N–H and O–H groups in total. The molecule has 1 aliphatic carbocycles. The van der Waals surface area contributed by atoms with Crippen molar-refractivity contribution < 1.29 is 13.2 Å². The zero-order valence-corrected chi connectivity index (χ0v) is 15.8. The molecule has 0 aliphatic heterocycles. The first-order valence-corrected chi connectivity index (χ1v) is 9.86. The molecule has 4 aromatic rings. The van der Waals surface area contributed by atoms with Crippen molar-refractivity contribution in [3.63, 3.8) is 0 Å². The normalized spacial score (nSPS) is 14.7. The molecule has 0 amide bonds. The van der Waals surface area contributed by atoms with E-state index in [1.54, 1.807) is 4.68 Å². The summed E-state index contributed by atoms with van der Waals surface area (Å²) in [6.45, 7) is 1.93. The van der Waals surface area contributed by atoms with Crippen LogP contribution in [0.15, 0.2) is 48.5 Å². The first-order valence-electron chi connectivity index (χ1n) is 9.05. The third-order valence-corrected chi connectivity index (χ3v) is 5.95. The molecule has 1 aromatic carbocycles. The average molecular weight is 399 g/mol. The smallest absolute Gasteiger partial charge is 0.227 e. The van der Waals surface area contributed by atoms with Crippen LogP contribution in [0.2, 0.25) is 0 Å². The second-order valence-corrected chi connectivity index (χ2v) is 8.36. The topological polar surface area (TPSA) is 30.7 Å². The maximum Gasteiger partial charge on any atom is 0.417 e. The number of pyridine rings is 1. The maximum absolute atomic E-state index is 14.0. The van der Waals surface area contributed by atoms with Gasteiger partial charge in [-0.1, -0.05) is 18.2 Å². The predicted octanol–water partition coefficient (Wildman–Crippen LogP) is 6.35. The second kappa shape index (κ2) is 6.17. The van der Waals surface area contributed by atoms with Crippen molar-refractivity contribution in [3.05, 3.63) is 64.7 Å². The maximum atomic E-state index is 14.0. The van der Waals surface area contributed by atoms with Crippen LogP contribution in [0.3, 0.4) is 0 Å². The number of aromatic nitrogens is 3. The highest BCUT2D eigenvalue weighted by Gasteiger charge is 2.39. The van der Waals surface area contributed by atoms with E-state index in [4.69, 9.17) is 0 Å². The highest BCUT2D eigenvalue weighted by atomic mass is 32.1. The molecule has 0 spiro atoms. The van der Waals surface area contributed by atoms with Gasteiger partial charge in [0.2, 0.25) is 0 Å². The van der Waals surface area contributed by atoms with Gasteiger partial charge in [0.15, 0.2) is 5.65 Å². The van der Waals surface area contributed by atoms with E-state index in [0.29, 0.717) is 17.1 Å². The van der Waals surface area contributed by atoms with Crippen LogP contribution in [0.1, 0.15) is 34.9 Å². The highest BCUT2D eigenvalue weighted by Crippen LogP contribution is 2.47. The summed E-state index contributed by atoms with van der Waals surface area (Å²) < 4.78 is 43.7. The summed E-state index contributed by atoms with van der Waals surface area (Å²) in [6.07, 6.45) is -2.75. The monoisotopic (exact) mass is 399 g/mol. The molecular weight excluding hydrogens is 383 g/mol. The predicted molar refractivity (Wildman–Crippen MR) is 104 cm³/mol. The lowest BCUT2D eigenvalue weighted by molar-refractivity contribution is -0.136. The fraction of sp³-hybridized carbons (Fsp3) is 0.238. The molecule has 0 radical (unpaired) electrons. The largest absolute Gasteiger partial charge is 0.417 e. The summed E-state index contributed by atoms with van der Waals surface area (Å²) in [7, 11) is 0. The van der Waals surface area contributed by atoms with Gasteiger partial charge in [0.1, 0.15) is 0 Å². The fourth-order valence-electron chi connectivity index (χ4n) is 3.46. The van der Waals surface area contributed by atoms with Crippen molar-refractivity contribution in [2.45, 2.75) is 31.9 Å². The summed E-state index contributed by atoms with van der Waals surface area (Å²) in [5.41, 5.74) is 1.16. The number of thiophene rings is 1. The van der Waals surface area contributed by atoms with E-state index in [1.807, 2.05) is 49.4 Å². The van der Waals surface area contributed by atoms with Crippen LogP contribution in [-0.4, -0.2) is 14.8 Å². The van der Waals surface area contributed by atoms with Crippen molar-refractivity contribution in [2.75, 3.05) is 0 Å². The zero-order valence-electron chi connectivity index (χ0n) is 15.0. The Morgan fingerprint density at radius 3 is 2.43 bits per heavy atom. The molecular formula is C21H16F3N3S. The van der Waals surface area contributed by atoms with E-state index in [2.05, 4.69) is 10.1 Å². The van der Waals surface area contributed by atoms with E-state index in [0.717, 1.165) is 22.6 Å². The minimum absolute atomic E-state index is 0.0743. The fourth-order valence-corrected chi connectivity index (χ4v) is 4.28. The number of alkyl halides is 3. The molecule has 0 bridgehead atoms. The van der Waals surface area contributed by atoms with Gasteiger partial charge >= 0.3 is 6.18 Å². The van der Waals surface area contributed by atoms with Crippen molar-refractivity contribution in [1.29, 1.82) is 0 Å². The molecule has 3 nitrogen and oxygen atoms in total. The van der Waals surface area contributed by atoms with Gasteiger partial charge in [0, 0.05) is 10.8 Å². The van der Waals surface area contributed by atoms with Crippen LogP contribution >= 0.6 is 11.3 Å². The molecule has 3 heterocycles. The summed E-state index contributed by atoms with van der Waals surface area (Å²) in [5.74, 6) is 0.0743. The minimum atomic E-state index is -4.48. The standard InChI is InChI=1S/C21H16F3N3S/c1-12-7-10-17(28-12)16-11-15(21(22,23)24)18-19(13-8-9-13)26-27(20(18)25-16)14-5-3-2-4-6-14/h2-7,10-11,13H,8-9H2,1H3. The minimum Gasteiger partial charge on any atom is -0.227 e. The number of rotatable bonds is 3. The number of hydrogen-bond donors (Lipinski definition) is 0. The molecule has 7 heteroatoms. The lowest BCUT2D eigenvalue weighted by atomic mass is 10.1. The Labute approximate surface area is 163 Å². The van der Waals surface area contributed by atoms with Crippen LogP contribution in [0.5, 0.6) is 0 Å². The van der Waals surface area contributed by atoms with Gasteiger partial charge in [0.05, 0.1) is 32.9 Å². The van der Waals surface area contributed by atoms with Gasteiger partial charge in [0.25, 0.3) is 0 Å². The number of hydrogen-bond acceptors (Lipinski definition) is 3. The number of nitrogens with zero attached hydrogens (tertiary/aromatic N) is 3. The van der Waals surface area contributed by atoms with E-state index in [1.165, 1.54) is 17.4 Å². The third-order valence-electron chi connectivity index (χ3n) is 4.93. The van der Waals surface area contributed by atoms with Gasteiger partial charge in [-0.05, 0) is 50.1 Å². The van der Waals surface area contributed by atoms with Gasteiger partial charge in [-0.2, -0.15) is 18.3 Å². The lowest BCUT2D eigenvalue weighted by Gasteiger charge is -2.11. The Bertz CT molecular complexity index is 1170. The number of para-hydroxylation sites is 1. The zero-order chi connectivity index (χ0) is 19.5. The summed E-state index contributed by atoms with van der Waals surface area (Å²) in [6, 6.07) is 14.1. The van der Waals surface area contributed by atoms with Gasteiger partial charge < -0.3 is 0 Å². The summed E-state index contributed by atoms with van der Waals surface area (Å²) in [5, 5.41) is 4.73. The lowest BCUT2D eigenvalue weighted by Crippen LogP contribution is -2.08. The molecule has 0 saturated heterocycles. The summed E-state index contributed by atoms with van der Waals surface area (Å²) >= 11 is 1.44. The van der Waals surface area contributed by atoms with E-state index >= 15 is 0 Å². The van der Waals surface area contributed by atoms with Crippen molar-refractivity contribution >= 4 is 22.4 Å². The molecule has 1 saturated carbocycles. The van der Waals surface area contributed by atoms with E-state index in [9.17, 15) is 13.2 Å². The van der Waals surface area contributed by atoms with Gasteiger partial charge in [-0.25, -0.2) is 9.67 Å². The van der Waals surface area contributed by atoms with Crippen LogP contribution in [-0.2, 0) is 6.18 Å². The first kappa shape index (κ1) is 17.4. The molecule has 28 heavy (non-hydrogen) atoms.